The lowest BCUT2D eigenvalue weighted by Gasteiger charge is -2.29. The minimum Gasteiger partial charge on any atom is -0.493 e. The number of alkyl halides is 2. The van der Waals surface area contributed by atoms with Crippen LogP contribution in [0.1, 0.15) is 23.7 Å². The number of benzene rings is 1. The summed E-state index contributed by atoms with van der Waals surface area (Å²) in [6.45, 7) is 1.92. The van der Waals surface area contributed by atoms with E-state index in [0.717, 1.165) is 0 Å². The highest BCUT2D eigenvalue weighted by atomic mass is 35.5. The van der Waals surface area contributed by atoms with Crippen LogP contribution in [0.5, 0.6) is 11.5 Å². The van der Waals surface area contributed by atoms with Crippen LogP contribution in [0.2, 0.25) is 0 Å². The molecule has 0 saturated heterocycles. The number of para-hydroxylation sites is 1. The van der Waals surface area contributed by atoms with Crippen molar-refractivity contribution in [2.45, 2.75) is 18.9 Å². The molecule has 112 valence electrons. The van der Waals surface area contributed by atoms with Gasteiger partial charge >= 0.3 is 0 Å². The maximum Gasteiger partial charge on any atom is 0.255 e. The molecule has 0 aliphatic carbocycles. The first-order valence-corrected chi connectivity index (χ1v) is 7.29. The third kappa shape index (κ3) is 3.49. The second-order valence-electron chi connectivity index (χ2n) is 4.40. The van der Waals surface area contributed by atoms with Gasteiger partial charge in [0.2, 0.25) is 0 Å². The SMILES string of the molecule is CCC(CCl)(CCl)NC(=O)c1cccc(OC)c1OC. The number of carbonyl (C=O) groups is 1. The van der Waals surface area contributed by atoms with Gasteiger partial charge in [0.15, 0.2) is 11.5 Å². The zero-order valence-corrected chi connectivity index (χ0v) is 13.3. The second-order valence-corrected chi connectivity index (χ2v) is 4.93. The van der Waals surface area contributed by atoms with Crippen LogP contribution >= 0.6 is 23.2 Å². The van der Waals surface area contributed by atoms with Gasteiger partial charge in [-0.25, -0.2) is 0 Å². The van der Waals surface area contributed by atoms with Gasteiger partial charge < -0.3 is 14.8 Å². The lowest BCUT2D eigenvalue weighted by Crippen LogP contribution is -2.51. The number of halogens is 2. The van der Waals surface area contributed by atoms with Gasteiger partial charge in [-0.1, -0.05) is 13.0 Å². The Morgan fingerprint density at radius 2 is 1.90 bits per heavy atom. The van der Waals surface area contributed by atoms with E-state index in [-0.39, 0.29) is 17.7 Å². The predicted molar refractivity (Wildman–Crippen MR) is 81.5 cm³/mol. The van der Waals surface area contributed by atoms with Crippen molar-refractivity contribution in [1.29, 1.82) is 0 Å². The summed E-state index contributed by atoms with van der Waals surface area (Å²) in [5.41, 5.74) is -0.242. The molecule has 0 saturated carbocycles. The Balaban J connectivity index is 3.09. The average molecular weight is 320 g/mol. The molecule has 0 aromatic heterocycles. The smallest absolute Gasteiger partial charge is 0.255 e. The van der Waals surface area contributed by atoms with Crippen molar-refractivity contribution in [3.63, 3.8) is 0 Å². The van der Waals surface area contributed by atoms with Crippen molar-refractivity contribution in [2.24, 2.45) is 0 Å². The van der Waals surface area contributed by atoms with E-state index in [1.165, 1.54) is 14.2 Å². The highest BCUT2D eigenvalue weighted by molar-refractivity contribution is 6.22. The fraction of sp³-hybridized carbons (Fsp3) is 0.500. The molecule has 0 unspecified atom stereocenters. The van der Waals surface area contributed by atoms with E-state index in [4.69, 9.17) is 32.7 Å². The van der Waals surface area contributed by atoms with Crippen LogP contribution in [0.15, 0.2) is 18.2 Å². The molecule has 0 radical (unpaired) electrons. The van der Waals surface area contributed by atoms with Crippen molar-refractivity contribution < 1.29 is 14.3 Å². The second kappa shape index (κ2) is 7.60. The minimum absolute atomic E-state index is 0.241. The van der Waals surface area contributed by atoms with Gasteiger partial charge in [0, 0.05) is 11.8 Å². The number of hydrogen-bond donors (Lipinski definition) is 1. The number of hydrogen-bond acceptors (Lipinski definition) is 3. The monoisotopic (exact) mass is 319 g/mol. The zero-order valence-electron chi connectivity index (χ0n) is 11.8. The van der Waals surface area contributed by atoms with Crippen LogP contribution in [0.3, 0.4) is 0 Å². The Hall–Kier alpha value is -1.13. The molecule has 0 spiro atoms. The minimum atomic E-state index is -0.631. The first-order valence-electron chi connectivity index (χ1n) is 6.23. The molecular weight excluding hydrogens is 301 g/mol. The van der Waals surface area contributed by atoms with Crippen molar-refractivity contribution in [2.75, 3.05) is 26.0 Å². The maximum absolute atomic E-state index is 12.4. The summed E-state index contributed by atoms with van der Waals surface area (Å²) in [6, 6.07) is 5.12. The average Bonchev–Trinajstić information content (AvgIpc) is 2.51. The van der Waals surface area contributed by atoms with Gasteiger partial charge in [0.05, 0.1) is 25.3 Å². The summed E-state index contributed by atoms with van der Waals surface area (Å²) in [6.07, 6.45) is 0.637. The normalized spacial score (nSPS) is 11.1. The molecule has 4 nitrogen and oxygen atoms in total. The van der Waals surface area contributed by atoms with Crippen molar-refractivity contribution in [3.8, 4) is 11.5 Å². The fourth-order valence-electron chi connectivity index (χ4n) is 1.75. The number of amides is 1. The molecule has 1 rings (SSSR count). The summed E-state index contributed by atoms with van der Waals surface area (Å²) in [7, 11) is 3.01. The maximum atomic E-state index is 12.4. The Kier molecular flexibility index (Phi) is 6.43. The molecule has 1 aromatic rings. The first-order chi connectivity index (χ1) is 9.57. The van der Waals surface area contributed by atoms with E-state index in [0.29, 0.717) is 23.5 Å². The van der Waals surface area contributed by atoms with Crippen LogP contribution in [-0.2, 0) is 0 Å². The van der Waals surface area contributed by atoms with Crippen LogP contribution in [0.25, 0.3) is 0 Å². The summed E-state index contributed by atoms with van der Waals surface area (Å²) < 4.78 is 10.4. The highest BCUT2D eigenvalue weighted by Gasteiger charge is 2.30. The Morgan fingerprint density at radius 1 is 1.25 bits per heavy atom. The molecule has 1 N–H and O–H groups in total. The number of carbonyl (C=O) groups excluding carboxylic acids is 1. The lowest BCUT2D eigenvalue weighted by molar-refractivity contribution is 0.0910. The number of rotatable bonds is 7. The summed E-state index contributed by atoms with van der Waals surface area (Å²) in [5.74, 6) is 1.08. The standard InChI is InChI=1S/C14H19Cl2NO3/c1-4-14(8-15,9-16)17-13(18)10-6-5-7-11(19-2)12(10)20-3/h5-7H,4,8-9H2,1-3H3,(H,17,18). The van der Waals surface area contributed by atoms with E-state index in [1.807, 2.05) is 6.92 Å². The number of nitrogens with one attached hydrogen (secondary N) is 1. The van der Waals surface area contributed by atoms with Crippen LogP contribution in [-0.4, -0.2) is 37.4 Å². The molecule has 1 amide bonds. The molecular formula is C14H19Cl2NO3. The molecule has 0 aliphatic heterocycles. The van der Waals surface area contributed by atoms with E-state index >= 15 is 0 Å². The molecule has 1 aromatic carbocycles. The third-order valence-corrected chi connectivity index (χ3v) is 4.24. The lowest BCUT2D eigenvalue weighted by atomic mass is 10.0. The first kappa shape index (κ1) is 16.9. The van der Waals surface area contributed by atoms with Crippen LogP contribution < -0.4 is 14.8 Å². The van der Waals surface area contributed by atoms with E-state index in [9.17, 15) is 4.79 Å². The van der Waals surface area contributed by atoms with Crippen LogP contribution in [0, 0.1) is 0 Å². The van der Waals surface area contributed by atoms with Crippen molar-refractivity contribution in [1.82, 2.24) is 5.32 Å². The highest BCUT2D eigenvalue weighted by Crippen LogP contribution is 2.31. The quantitative estimate of drug-likeness (QED) is 0.786. The van der Waals surface area contributed by atoms with Gasteiger partial charge in [0.1, 0.15) is 0 Å². The zero-order chi connectivity index (χ0) is 15.2. The number of ether oxygens (including phenoxy) is 2. The third-order valence-electron chi connectivity index (χ3n) is 3.21. The largest absolute Gasteiger partial charge is 0.493 e. The van der Waals surface area contributed by atoms with Crippen LogP contribution in [0.4, 0.5) is 0 Å². The topological polar surface area (TPSA) is 47.6 Å². The molecule has 0 heterocycles. The summed E-state index contributed by atoms with van der Waals surface area (Å²) in [4.78, 5) is 12.4. The molecule has 0 aliphatic rings. The molecule has 6 heteroatoms. The predicted octanol–water partition coefficient (Wildman–Crippen LogP) is 3.06. The van der Waals surface area contributed by atoms with Gasteiger partial charge in [-0.05, 0) is 18.6 Å². The Morgan fingerprint density at radius 3 is 2.35 bits per heavy atom. The van der Waals surface area contributed by atoms with Gasteiger partial charge in [-0.3, -0.25) is 4.79 Å². The van der Waals surface area contributed by atoms with Crippen molar-refractivity contribution in [3.05, 3.63) is 23.8 Å². The van der Waals surface area contributed by atoms with Gasteiger partial charge in [-0.2, -0.15) is 0 Å². The summed E-state index contributed by atoms with van der Waals surface area (Å²) >= 11 is 11.9. The Labute approximate surface area is 129 Å². The summed E-state index contributed by atoms with van der Waals surface area (Å²) in [5, 5.41) is 2.88. The van der Waals surface area contributed by atoms with Crippen molar-refractivity contribution >= 4 is 29.1 Å². The number of methoxy groups -OCH3 is 2. The Bertz CT molecular complexity index is 453. The van der Waals surface area contributed by atoms with E-state index in [2.05, 4.69) is 5.32 Å². The van der Waals surface area contributed by atoms with Gasteiger partial charge in [-0.15, -0.1) is 23.2 Å². The molecule has 0 atom stereocenters. The van der Waals surface area contributed by atoms with Gasteiger partial charge in [0.25, 0.3) is 5.91 Å². The van der Waals surface area contributed by atoms with E-state index < -0.39 is 5.54 Å². The van der Waals surface area contributed by atoms with E-state index in [1.54, 1.807) is 18.2 Å². The fourth-order valence-corrected chi connectivity index (χ4v) is 2.55. The molecule has 20 heavy (non-hydrogen) atoms. The molecule has 0 bridgehead atoms. The molecule has 0 fully saturated rings.